The van der Waals surface area contributed by atoms with E-state index in [1.165, 1.54) is 6.07 Å². The Bertz CT molecular complexity index is 1060. The largest absolute Gasteiger partial charge is 0.338 e. The maximum atomic E-state index is 13.8. The number of halogens is 2. The predicted octanol–water partition coefficient (Wildman–Crippen LogP) is 4.19. The molecule has 1 amide bonds. The maximum Gasteiger partial charge on any atom is 0.253 e. The van der Waals surface area contributed by atoms with Gasteiger partial charge in [-0.2, -0.15) is 4.98 Å². The lowest BCUT2D eigenvalue weighted by Gasteiger charge is -2.21. The average Bonchev–Trinajstić information content (AvgIpc) is 3.07. The first-order valence-corrected chi connectivity index (χ1v) is 10.2. The van der Waals surface area contributed by atoms with Gasteiger partial charge in [-0.1, -0.05) is 35.0 Å². The molecule has 2 heterocycles. The first-order chi connectivity index (χ1) is 14.5. The summed E-state index contributed by atoms with van der Waals surface area (Å²) in [4.78, 5) is 21.2. The minimum atomic E-state index is -0.296. The number of aryl methyl sites for hydroxylation is 1. The molecule has 0 unspecified atom stereocenters. The Morgan fingerprint density at radius 3 is 2.83 bits per heavy atom. The highest BCUT2D eigenvalue weighted by atomic mass is 35.5. The molecule has 0 saturated carbocycles. The number of amides is 1. The van der Waals surface area contributed by atoms with Crippen LogP contribution in [0.3, 0.4) is 0 Å². The van der Waals surface area contributed by atoms with Crippen molar-refractivity contribution in [1.82, 2.24) is 19.9 Å². The van der Waals surface area contributed by atoms with Gasteiger partial charge in [0.2, 0.25) is 11.7 Å². The summed E-state index contributed by atoms with van der Waals surface area (Å²) in [5.74, 6) is 0.536. The number of nitrogens with zero attached hydrogens (tertiary/aromatic N) is 4. The lowest BCUT2D eigenvalue weighted by atomic mass is 10.1. The van der Waals surface area contributed by atoms with Gasteiger partial charge >= 0.3 is 0 Å². The van der Waals surface area contributed by atoms with Gasteiger partial charge in [-0.15, -0.1) is 0 Å². The van der Waals surface area contributed by atoms with Crippen LogP contribution in [-0.4, -0.2) is 52.0 Å². The number of aromatic nitrogens is 2. The molecule has 0 aliphatic carbocycles. The van der Waals surface area contributed by atoms with Gasteiger partial charge in [0.05, 0.1) is 6.54 Å². The monoisotopic (exact) mass is 428 g/mol. The van der Waals surface area contributed by atoms with Gasteiger partial charge in [0, 0.05) is 42.3 Å². The average molecular weight is 429 g/mol. The molecule has 156 valence electrons. The number of benzene rings is 2. The quantitative estimate of drug-likeness (QED) is 0.623. The smallest absolute Gasteiger partial charge is 0.253 e. The Hall–Kier alpha value is -2.77. The van der Waals surface area contributed by atoms with Crippen molar-refractivity contribution in [2.75, 3.05) is 26.2 Å². The van der Waals surface area contributed by atoms with Crippen LogP contribution in [0.15, 0.2) is 47.0 Å². The van der Waals surface area contributed by atoms with Crippen LogP contribution in [-0.2, 0) is 6.54 Å². The molecule has 1 fully saturated rings. The molecule has 2 aromatic carbocycles. The topological polar surface area (TPSA) is 62.5 Å². The summed E-state index contributed by atoms with van der Waals surface area (Å²) >= 11 is 6.01. The van der Waals surface area contributed by atoms with Crippen molar-refractivity contribution in [3.05, 3.63) is 70.3 Å². The van der Waals surface area contributed by atoms with Crippen LogP contribution in [0.5, 0.6) is 0 Å². The zero-order chi connectivity index (χ0) is 21.1. The summed E-state index contributed by atoms with van der Waals surface area (Å²) in [7, 11) is 0. The molecule has 4 rings (SSSR count). The van der Waals surface area contributed by atoms with Gasteiger partial charge in [0.15, 0.2) is 0 Å². The van der Waals surface area contributed by atoms with E-state index in [1.54, 1.807) is 43.3 Å². The third-order valence-corrected chi connectivity index (χ3v) is 5.44. The molecule has 1 aliphatic heterocycles. The minimum Gasteiger partial charge on any atom is -0.338 e. The first kappa shape index (κ1) is 20.5. The highest BCUT2D eigenvalue weighted by Gasteiger charge is 2.22. The third-order valence-electron chi connectivity index (χ3n) is 5.20. The molecular weight excluding hydrogens is 407 g/mol. The fourth-order valence-electron chi connectivity index (χ4n) is 3.50. The Balaban J connectivity index is 1.38. The van der Waals surface area contributed by atoms with E-state index in [0.29, 0.717) is 59.6 Å². The highest BCUT2D eigenvalue weighted by Crippen LogP contribution is 2.20. The SMILES string of the molecule is Cc1ccc(-c2noc(CN3CCCN(C(=O)c4cccc(Cl)c4)CC3)n2)cc1F. The standard InChI is InChI=1S/C22H22ClFN4O2/c1-15-6-7-16(13-19(15)24)21-25-20(30-26-21)14-27-8-3-9-28(11-10-27)22(29)17-4-2-5-18(23)12-17/h2,4-7,12-13H,3,8-11,14H2,1H3. The molecule has 3 aromatic rings. The molecule has 1 aromatic heterocycles. The summed E-state index contributed by atoms with van der Waals surface area (Å²) in [6.45, 7) is 5.00. The fourth-order valence-corrected chi connectivity index (χ4v) is 3.69. The second-order valence-corrected chi connectivity index (χ2v) is 7.84. The van der Waals surface area contributed by atoms with Crippen LogP contribution < -0.4 is 0 Å². The highest BCUT2D eigenvalue weighted by molar-refractivity contribution is 6.30. The second kappa shape index (κ2) is 8.93. The van der Waals surface area contributed by atoms with Crippen molar-refractivity contribution in [2.24, 2.45) is 0 Å². The molecule has 0 spiro atoms. The summed E-state index contributed by atoms with van der Waals surface area (Å²) in [5, 5.41) is 4.53. The van der Waals surface area contributed by atoms with Crippen LogP contribution in [0, 0.1) is 12.7 Å². The van der Waals surface area contributed by atoms with E-state index < -0.39 is 0 Å². The van der Waals surface area contributed by atoms with E-state index in [1.807, 2.05) is 4.90 Å². The van der Waals surface area contributed by atoms with Gasteiger partial charge in [-0.05, 0) is 43.2 Å². The van der Waals surface area contributed by atoms with Crippen molar-refractivity contribution in [1.29, 1.82) is 0 Å². The van der Waals surface area contributed by atoms with E-state index in [4.69, 9.17) is 16.1 Å². The van der Waals surface area contributed by atoms with Crippen molar-refractivity contribution in [2.45, 2.75) is 19.9 Å². The second-order valence-electron chi connectivity index (χ2n) is 7.41. The van der Waals surface area contributed by atoms with E-state index in [-0.39, 0.29) is 11.7 Å². The zero-order valence-electron chi connectivity index (χ0n) is 16.6. The third kappa shape index (κ3) is 4.68. The fraction of sp³-hybridized carbons (Fsp3) is 0.318. The number of carbonyl (C=O) groups is 1. The minimum absolute atomic E-state index is 0.0131. The van der Waals surface area contributed by atoms with Gasteiger partial charge in [0.25, 0.3) is 5.91 Å². The Labute approximate surface area is 179 Å². The molecule has 0 bridgehead atoms. The van der Waals surface area contributed by atoms with Crippen molar-refractivity contribution >= 4 is 17.5 Å². The van der Waals surface area contributed by atoms with Crippen LogP contribution in [0.25, 0.3) is 11.4 Å². The van der Waals surface area contributed by atoms with E-state index in [0.717, 1.165) is 13.0 Å². The van der Waals surface area contributed by atoms with Crippen LogP contribution in [0.4, 0.5) is 4.39 Å². The Kier molecular flexibility index (Phi) is 6.11. The lowest BCUT2D eigenvalue weighted by molar-refractivity contribution is 0.0760. The molecule has 0 radical (unpaired) electrons. The summed E-state index contributed by atoms with van der Waals surface area (Å²) in [6.07, 6.45) is 0.844. The van der Waals surface area contributed by atoms with Crippen LogP contribution in [0.1, 0.15) is 28.2 Å². The molecule has 8 heteroatoms. The first-order valence-electron chi connectivity index (χ1n) is 9.86. The summed E-state index contributed by atoms with van der Waals surface area (Å²) in [5.41, 5.74) is 1.76. The van der Waals surface area contributed by atoms with Crippen molar-refractivity contribution in [3.8, 4) is 11.4 Å². The van der Waals surface area contributed by atoms with E-state index in [2.05, 4.69) is 15.0 Å². The number of rotatable bonds is 4. The van der Waals surface area contributed by atoms with Crippen molar-refractivity contribution in [3.63, 3.8) is 0 Å². The van der Waals surface area contributed by atoms with Crippen LogP contribution in [0.2, 0.25) is 5.02 Å². The number of hydrogen-bond acceptors (Lipinski definition) is 5. The Morgan fingerprint density at radius 2 is 2.03 bits per heavy atom. The molecule has 0 atom stereocenters. The van der Waals surface area contributed by atoms with Gasteiger partial charge in [-0.3, -0.25) is 9.69 Å². The van der Waals surface area contributed by atoms with E-state index in [9.17, 15) is 9.18 Å². The molecular formula is C22H22ClFN4O2. The number of hydrogen-bond donors (Lipinski definition) is 0. The Morgan fingerprint density at radius 1 is 1.17 bits per heavy atom. The molecule has 1 saturated heterocycles. The number of carbonyl (C=O) groups excluding carboxylic acids is 1. The van der Waals surface area contributed by atoms with Gasteiger partial charge in [-0.25, -0.2) is 4.39 Å². The predicted molar refractivity (Wildman–Crippen MR) is 112 cm³/mol. The normalized spacial score (nSPS) is 15.2. The van der Waals surface area contributed by atoms with Gasteiger partial charge in [0.1, 0.15) is 5.82 Å². The molecule has 1 aliphatic rings. The molecule has 0 N–H and O–H groups in total. The zero-order valence-corrected chi connectivity index (χ0v) is 17.4. The summed E-state index contributed by atoms with van der Waals surface area (Å²) in [6, 6.07) is 11.9. The lowest BCUT2D eigenvalue weighted by Crippen LogP contribution is -2.35. The van der Waals surface area contributed by atoms with Crippen molar-refractivity contribution < 1.29 is 13.7 Å². The molecule has 30 heavy (non-hydrogen) atoms. The van der Waals surface area contributed by atoms with E-state index >= 15 is 0 Å². The summed E-state index contributed by atoms with van der Waals surface area (Å²) < 4.78 is 19.2. The maximum absolute atomic E-state index is 13.8. The molecule has 6 nitrogen and oxygen atoms in total. The van der Waals surface area contributed by atoms with Gasteiger partial charge < -0.3 is 9.42 Å². The van der Waals surface area contributed by atoms with Crippen LogP contribution >= 0.6 is 11.6 Å².